The van der Waals surface area contributed by atoms with Gasteiger partial charge in [-0.1, -0.05) is 47.0 Å². The first kappa shape index (κ1) is 13.9. The highest BCUT2D eigenvalue weighted by Crippen LogP contribution is 2.27. The van der Waals surface area contributed by atoms with Gasteiger partial charge in [-0.15, -0.1) is 0 Å². The third kappa shape index (κ3) is 4.29. The highest BCUT2D eigenvalue weighted by molar-refractivity contribution is 9.09. The zero-order chi connectivity index (χ0) is 12.6. The standard InChI is InChI=1S/C15H22BrNO/c16-9-5-1-2-6-10-17-12-14-11-13-7-3-4-8-15(13)18-14/h3-4,7-8,14,17H,1-2,5-6,9-12H2. The minimum Gasteiger partial charge on any atom is -0.488 e. The number of benzene rings is 1. The van der Waals surface area contributed by atoms with E-state index in [1.54, 1.807) is 0 Å². The van der Waals surface area contributed by atoms with Crippen LogP contribution in [0, 0.1) is 0 Å². The van der Waals surface area contributed by atoms with Crippen molar-refractivity contribution in [3.05, 3.63) is 29.8 Å². The van der Waals surface area contributed by atoms with Gasteiger partial charge in [0.25, 0.3) is 0 Å². The molecule has 0 saturated carbocycles. The summed E-state index contributed by atoms with van der Waals surface area (Å²) >= 11 is 3.46. The topological polar surface area (TPSA) is 21.3 Å². The average Bonchev–Trinajstić information content (AvgIpc) is 2.80. The molecule has 1 N–H and O–H groups in total. The molecule has 2 nitrogen and oxygen atoms in total. The zero-order valence-corrected chi connectivity index (χ0v) is 12.4. The first-order valence-electron chi connectivity index (χ1n) is 6.91. The number of hydrogen-bond acceptors (Lipinski definition) is 2. The lowest BCUT2D eigenvalue weighted by Crippen LogP contribution is -2.30. The molecule has 1 aromatic carbocycles. The predicted molar refractivity (Wildman–Crippen MR) is 79.7 cm³/mol. The van der Waals surface area contributed by atoms with E-state index in [9.17, 15) is 0 Å². The maximum absolute atomic E-state index is 5.88. The summed E-state index contributed by atoms with van der Waals surface area (Å²) in [7, 11) is 0. The van der Waals surface area contributed by atoms with E-state index in [0.29, 0.717) is 6.10 Å². The monoisotopic (exact) mass is 311 g/mol. The third-order valence-corrected chi connectivity index (χ3v) is 3.88. The Hall–Kier alpha value is -0.540. The minimum absolute atomic E-state index is 0.324. The van der Waals surface area contributed by atoms with Gasteiger partial charge in [0.05, 0.1) is 0 Å². The molecule has 0 amide bonds. The molecule has 18 heavy (non-hydrogen) atoms. The number of fused-ring (bicyclic) bond motifs is 1. The van der Waals surface area contributed by atoms with Crippen LogP contribution in [0.25, 0.3) is 0 Å². The van der Waals surface area contributed by atoms with Crippen LogP contribution in [0.5, 0.6) is 5.75 Å². The van der Waals surface area contributed by atoms with Gasteiger partial charge in [-0.3, -0.25) is 0 Å². The number of nitrogens with one attached hydrogen (secondary N) is 1. The van der Waals surface area contributed by atoms with Crippen molar-refractivity contribution < 1.29 is 4.74 Å². The van der Waals surface area contributed by atoms with Crippen LogP contribution in [0.4, 0.5) is 0 Å². The van der Waals surface area contributed by atoms with E-state index in [4.69, 9.17) is 4.74 Å². The fourth-order valence-electron chi connectivity index (χ4n) is 2.33. The van der Waals surface area contributed by atoms with Crippen molar-refractivity contribution in [3.63, 3.8) is 0 Å². The molecule has 0 fully saturated rings. The molecule has 0 aromatic heterocycles. The van der Waals surface area contributed by atoms with Gasteiger partial charge in [-0.05, 0) is 31.0 Å². The Kier molecular flexibility index (Phi) is 6.01. The van der Waals surface area contributed by atoms with E-state index in [0.717, 1.165) is 30.6 Å². The molecule has 1 aromatic rings. The fourth-order valence-corrected chi connectivity index (χ4v) is 2.73. The smallest absolute Gasteiger partial charge is 0.123 e. The summed E-state index contributed by atoms with van der Waals surface area (Å²) in [6, 6.07) is 8.35. The second-order valence-electron chi connectivity index (χ2n) is 4.86. The second-order valence-corrected chi connectivity index (χ2v) is 5.65. The number of ether oxygens (including phenoxy) is 1. The molecule has 1 atom stereocenters. The van der Waals surface area contributed by atoms with Crippen LogP contribution in [-0.4, -0.2) is 24.5 Å². The molecule has 0 saturated heterocycles. The molecule has 0 bridgehead atoms. The van der Waals surface area contributed by atoms with Gasteiger partial charge in [-0.25, -0.2) is 0 Å². The Bertz CT molecular complexity index is 331. The van der Waals surface area contributed by atoms with Crippen molar-refractivity contribution in [2.24, 2.45) is 0 Å². The van der Waals surface area contributed by atoms with Crippen LogP contribution in [0.2, 0.25) is 0 Å². The lowest BCUT2D eigenvalue weighted by molar-refractivity contribution is 0.227. The largest absolute Gasteiger partial charge is 0.488 e. The number of alkyl halides is 1. The van der Waals surface area contributed by atoms with E-state index in [2.05, 4.69) is 39.4 Å². The lowest BCUT2D eigenvalue weighted by Gasteiger charge is -2.11. The van der Waals surface area contributed by atoms with Crippen molar-refractivity contribution in [1.29, 1.82) is 0 Å². The zero-order valence-electron chi connectivity index (χ0n) is 10.8. The van der Waals surface area contributed by atoms with Crippen LogP contribution < -0.4 is 10.1 Å². The van der Waals surface area contributed by atoms with Crippen LogP contribution in [0.15, 0.2) is 24.3 Å². The van der Waals surface area contributed by atoms with Gasteiger partial charge >= 0.3 is 0 Å². The van der Waals surface area contributed by atoms with Gasteiger partial charge in [0, 0.05) is 18.3 Å². The molecule has 0 radical (unpaired) electrons. The Labute approximate surface area is 118 Å². The summed E-state index contributed by atoms with van der Waals surface area (Å²) in [5, 5.41) is 4.64. The van der Waals surface area contributed by atoms with Gasteiger partial charge in [-0.2, -0.15) is 0 Å². The second kappa shape index (κ2) is 7.80. The molecule has 100 valence electrons. The van der Waals surface area contributed by atoms with Gasteiger partial charge < -0.3 is 10.1 Å². The first-order valence-corrected chi connectivity index (χ1v) is 8.03. The number of hydrogen-bond donors (Lipinski definition) is 1. The molecule has 1 aliphatic heterocycles. The molecule has 0 spiro atoms. The highest BCUT2D eigenvalue weighted by atomic mass is 79.9. The summed E-state index contributed by atoms with van der Waals surface area (Å²) < 4.78 is 5.88. The first-order chi connectivity index (χ1) is 8.90. The predicted octanol–water partition coefficient (Wildman–Crippen LogP) is 3.54. The minimum atomic E-state index is 0.324. The number of rotatable bonds is 8. The van der Waals surface area contributed by atoms with Crippen molar-refractivity contribution >= 4 is 15.9 Å². The van der Waals surface area contributed by atoms with Gasteiger partial charge in [0.15, 0.2) is 0 Å². The average molecular weight is 312 g/mol. The van der Waals surface area contributed by atoms with Gasteiger partial charge in [0.1, 0.15) is 11.9 Å². The molecule has 1 unspecified atom stereocenters. The normalized spacial score (nSPS) is 17.5. The van der Waals surface area contributed by atoms with E-state index < -0.39 is 0 Å². The molecule has 1 aliphatic rings. The molecular formula is C15H22BrNO. The Morgan fingerprint density at radius 2 is 2.00 bits per heavy atom. The summed E-state index contributed by atoms with van der Waals surface area (Å²) in [6.07, 6.45) is 6.59. The van der Waals surface area contributed by atoms with E-state index in [1.165, 1.54) is 31.2 Å². The highest BCUT2D eigenvalue weighted by Gasteiger charge is 2.21. The van der Waals surface area contributed by atoms with Crippen molar-refractivity contribution in [1.82, 2.24) is 5.32 Å². The number of para-hydroxylation sites is 1. The van der Waals surface area contributed by atoms with Crippen molar-refractivity contribution in [2.75, 3.05) is 18.4 Å². The molecule has 1 heterocycles. The molecule has 2 rings (SSSR count). The molecule has 3 heteroatoms. The van der Waals surface area contributed by atoms with Crippen molar-refractivity contribution in [3.8, 4) is 5.75 Å². The molecule has 0 aliphatic carbocycles. The number of halogens is 1. The third-order valence-electron chi connectivity index (χ3n) is 3.32. The maximum atomic E-state index is 5.88. The Balaban J connectivity index is 1.54. The van der Waals surface area contributed by atoms with E-state index in [-0.39, 0.29) is 0 Å². The molecular weight excluding hydrogens is 290 g/mol. The summed E-state index contributed by atoms with van der Waals surface area (Å²) in [6.45, 7) is 2.08. The lowest BCUT2D eigenvalue weighted by atomic mass is 10.1. The summed E-state index contributed by atoms with van der Waals surface area (Å²) in [5.41, 5.74) is 1.35. The van der Waals surface area contributed by atoms with Gasteiger partial charge in [0.2, 0.25) is 0 Å². The van der Waals surface area contributed by atoms with Crippen LogP contribution in [-0.2, 0) is 6.42 Å². The summed E-state index contributed by atoms with van der Waals surface area (Å²) in [5.74, 6) is 1.07. The van der Waals surface area contributed by atoms with E-state index in [1.807, 2.05) is 6.07 Å². The Morgan fingerprint density at radius 3 is 2.83 bits per heavy atom. The maximum Gasteiger partial charge on any atom is 0.123 e. The van der Waals surface area contributed by atoms with Crippen LogP contribution in [0.1, 0.15) is 31.2 Å². The van der Waals surface area contributed by atoms with Crippen LogP contribution >= 0.6 is 15.9 Å². The summed E-state index contributed by atoms with van der Waals surface area (Å²) in [4.78, 5) is 0. The SMILES string of the molecule is BrCCCCCCNCC1Cc2ccccc2O1. The Morgan fingerprint density at radius 1 is 1.17 bits per heavy atom. The number of unbranched alkanes of at least 4 members (excludes halogenated alkanes) is 3. The quantitative estimate of drug-likeness (QED) is 0.586. The van der Waals surface area contributed by atoms with Crippen LogP contribution in [0.3, 0.4) is 0 Å². The fraction of sp³-hybridized carbons (Fsp3) is 0.600. The van der Waals surface area contributed by atoms with E-state index >= 15 is 0 Å². The van der Waals surface area contributed by atoms with Crippen molar-refractivity contribution in [2.45, 2.75) is 38.2 Å².